The quantitative estimate of drug-likeness (QED) is 0.228. The molecule has 42 heavy (non-hydrogen) atoms. The van der Waals surface area contributed by atoms with Gasteiger partial charge < -0.3 is 9.80 Å². The second-order valence-corrected chi connectivity index (χ2v) is 11.0. The minimum atomic E-state index is -0.673. The number of hydrogen-bond acceptors (Lipinski definition) is 7. The van der Waals surface area contributed by atoms with Crippen LogP contribution in [0.15, 0.2) is 54.0 Å². The first-order chi connectivity index (χ1) is 20.1. The van der Waals surface area contributed by atoms with Crippen molar-refractivity contribution in [1.29, 1.82) is 0 Å². The Hall–Kier alpha value is -4.44. The van der Waals surface area contributed by atoms with Gasteiger partial charge in [-0.3, -0.25) is 14.6 Å². The van der Waals surface area contributed by atoms with E-state index >= 15 is 4.39 Å². The molecule has 1 aliphatic rings. The van der Waals surface area contributed by atoms with E-state index in [0.29, 0.717) is 48.5 Å². The van der Waals surface area contributed by atoms with Gasteiger partial charge in [0.25, 0.3) is 0 Å². The minimum Gasteiger partial charge on any atom is -0.350 e. The monoisotopic (exact) mass is 588 g/mol. The topological polar surface area (TPSA) is 101 Å². The first-order valence-corrected chi connectivity index (χ1v) is 14.0. The zero-order valence-electron chi connectivity index (χ0n) is 23.8. The van der Waals surface area contributed by atoms with Crippen molar-refractivity contribution in [2.45, 2.75) is 39.7 Å². The van der Waals surface area contributed by atoms with Gasteiger partial charge in [0, 0.05) is 43.0 Å². The third kappa shape index (κ3) is 4.96. The lowest BCUT2D eigenvalue weighted by molar-refractivity contribution is -0.126. The van der Waals surface area contributed by atoms with Crippen LogP contribution >= 0.6 is 11.6 Å². The Morgan fingerprint density at radius 1 is 1.21 bits per heavy atom. The Morgan fingerprint density at radius 3 is 2.64 bits per heavy atom. The van der Waals surface area contributed by atoms with E-state index in [2.05, 4.69) is 16.5 Å². The molecule has 1 fully saturated rings. The number of rotatable bonds is 6. The molecule has 1 atom stereocenters. The van der Waals surface area contributed by atoms with Crippen molar-refractivity contribution in [1.82, 2.24) is 24.4 Å². The van der Waals surface area contributed by atoms with Gasteiger partial charge in [-0.25, -0.2) is 18.7 Å². The number of nitrogens with zero attached hydrogens (tertiary/aromatic N) is 6. The predicted molar refractivity (Wildman–Crippen MR) is 161 cm³/mol. The molecule has 0 radical (unpaired) electrons. The van der Waals surface area contributed by atoms with Gasteiger partial charge in [-0.05, 0) is 49.6 Å². The lowest BCUT2D eigenvalue weighted by Gasteiger charge is -2.40. The summed E-state index contributed by atoms with van der Waals surface area (Å²) in [5.74, 6) is -0.541. The summed E-state index contributed by atoms with van der Waals surface area (Å²) in [6.45, 7) is 12.5. The third-order valence-corrected chi connectivity index (χ3v) is 7.81. The molecule has 3 aromatic heterocycles. The second-order valence-electron chi connectivity index (χ2n) is 10.6. The Balaban J connectivity index is 1.85. The van der Waals surface area contributed by atoms with Crippen molar-refractivity contribution in [3.05, 3.63) is 87.3 Å². The van der Waals surface area contributed by atoms with Crippen molar-refractivity contribution in [2.24, 2.45) is 0 Å². The largest absolute Gasteiger partial charge is 0.355 e. The van der Waals surface area contributed by atoms with E-state index < -0.39 is 11.5 Å². The van der Waals surface area contributed by atoms with Crippen molar-refractivity contribution < 1.29 is 14.0 Å². The average Bonchev–Trinajstić information content (AvgIpc) is 2.96. The van der Waals surface area contributed by atoms with Crippen LogP contribution in [0.3, 0.4) is 0 Å². The number of fused-ring (bicyclic) bond motifs is 1. The van der Waals surface area contributed by atoms with Crippen molar-refractivity contribution in [3.63, 3.8) is 0 Å². The fraction of sp³-hybridized carbons (Fsp3) is 0.290. The smallest absolute Gasteiger partial charge is 0.350 e. The summed E-state index contributed by atoms with van der Waals surface area (Å²) in [5, 5.41) is 0.546. The second kappa shape index (κ2) is 11.4. The molecule has 1 aliphatic heterocycles. The van der Waals surface area contributed by atoms with E-state index in [1.165, 1.54) is 28.8 Å². The summed E-state index contributed by atoms with van der Waals surface area (Å²) in [4.78, 5) is 55.6. The number of halogens is 2. The maximum Gasteiger partial charge on any atom is 0.355 e. The molecule has 216 valence electrons. The molecule has 1 saturated heterocycles. The number of aromatic nitrogens is 4. The predicted octanol–water partition coefficient (Wildman–Crippen LogP) is 5.10. The molecule has 0 saturated carbocycles. The van der Waals surface area contributed by atoms with Crippen molar-refractivity contribution in [2.75, 3.05) is 24.5 Å². The Morgan fingerprint density at radius 2 is 1.98 bits per heavy atom. The number of aldehydes is 1. The number of amides is 1. The number of anilines is 1. The molecule has 0 bridgehead atoms. The first-order valence-electron chi connectivity index (χ1n) is 13.6. The van der Waals surface area contributed by atoms with Gasteiger partial charge >= 0.3 is 5.69 Å². The summed E-state index contributed by atoms with van der Waals surface area (Å²) in [6, 6.07) is 7.33. The molecule has 0 aliphatic carbocycles. The van der Waals surface area contributed by atoms with Crippen LogP contribution in [0, 0.1) is 12.7 Å². The molecule has 0 N–H and O–H groups in total. The highest BCUT2D eigenvalue weighted by Gasteiger charge is 2.30. The lowest BCUT2D eigenvalue weighted by atomic mass is 10.0. The number of piperazine rings is 1. The number of aryl methyl sites for hydroxylation is 1. The van der Waals surface area contributed by atoms with Gasteiger partial charge in [-0.15, -0.1) is 0 Å². The zero-order valence-corrected chi connectivity index (χ0v) is 24.5. The Bertz CT molecular complexity index is 1800. The number of hydrogen-bond donors (Lipinski definition) is 0. The van der Waals surface area contributed by atoms with E-state index in [-0.39, 0.29) is 45.4 Å². The summed E-state index contributed by atoms with van der Waals surface area (Å²) >= 11 is 6.77. The van der Waals surface area contributed by atoms with Crippen LogP contribution in [0.1, 0.15) is 48.3 Å². The molecule has 9 nitrogen and oxygen atoms in total. The number of carbonyl (C=O) groups is 2. The molecule has 0 spiro atoms. The van der Waals surface area contributed by atoms with Gasteiger partial charge in [0.05, 0.1) is 27.5 Å². The van der Waals surface area contributed by atoms with Crippen LogP contribution in [0.25, 0.3) is 28.0 Å². The summed E-state index contributed by atoms with van der Waals surface area (Å²) in [6.07, 6.45) is 3.50. The molecule has 1 aromatic carbocycles. The number of pyridine rings is 2. The van der Waals surface area contributed by atoms with Crippen molar-refractivity contribution >= 4 is 40.6 Å². The zero-order chi connectivity index (χ0) is 30.3. The van der Waals surface area contributed by atoms with Gasteiger partial charge in [0.2, 0.25) is 5.91 Å². The van der Waals surface area contributed by atoms with Crippen LogP contribution in [-0.4, -0.2) is 62.3 Å². The summed E-state index contributed by atoms with van der Waals surface area (Å²) in [7, 11) is 0. The third-order valence-electron chi connectivity index (χ3n) is 7.52. The van der Waals surface area contributed by atoms with Gasteiger partial charge in [-0.1, -0.05) is 44.2 Å². The highest BCUT2D eigenvalue weighted by molar-refractivity contribution is 6.34. The molecule has 11 heteroatoms. The molecule has 4 heterocycles. The SMILES string of the molecule is C=CC(=O)N1CCN(c2nc(=O)n(-c3c(C)ccnc3C(C)C)c3nc(-c4c(F)cccc4C=O)c(Cl)cc23)[C@@H](C)C1. The normalized spacial score (nSPS) is 15.4. The molecule has 1 amide bonds. The molecule has 0 unspecified atom stereocenters. The molecular formula is C31H30ClFN6O3. The van der Waals surface area contributed by atoms with E-state index in [0.717, 1.165) is 5.56 Å². The van der Waals surface area contributed by atoms with Gasteiger partial charge in [-0.2, -0.15) is 4.98 Å². The highest BCUT2D eigenvalue weighted by Crippen LogP contribution is 2.37. The average molecular weight is 589 g/mol. The fourth-order valence-electron chi connectivity index (χ4n) is 5.48. The Labute approximate surface area is 247 Å². The molecular weight excluding hydrogens is 559 g/mol. The highest BCUT2D eigenvalue weighted by atomic mass is 35.5. The van der Waals surface area contributed by atoms with Gasteiger partial charge in [0.15, 0.2) is 11.9 Å². The summed E-state index contributed by atoms with van der Waals surface area (Å²) < 4.78 is 16.6. The van der Waals surface area contributed by atoms with Crippen LogP contribution in [0.5, 0.6) is 0 Å². The van der Waals surface area contributed by atoms with Crippen LogP contribution < -0.4 is 10.6 Å². The van der Waals surface area contributed by atoms with Gasteiger partial charge in [0.1, 0.15) is 11.6 Å². The van der Waals surface area contributed by atoms with Crippen LogP contribution in [0.2, 0.25) is 5.02 Å². The molecule has 5 rings (SSSR count). The lowest BCUT2D eigenvalue weighted by Crippen LogP contribution is -2.54. The van der Waals surface area contributed by atoms with E-state index in [9.17, 15) is 14.4 Å². The standard InChI is InChI=1S/C31H30ClFN6O3/c1-6-24(41)37-12-13-38(19(5)15-37)29-21-14-22(32)27(25-20(16-40)8-7-9-23(25)33)35-30(21)39(31(42)36-29)28-18(4)10-11-34-26(28)17(2)3/h6-11,14,16-17,19H,1,12-13,15H2,2-5H3/t19-/m0/s1. The Kier molecular flexibility index (Phi) is 7.92. The van der Waals surface area contributed by atoms with E-state index in [1.807, 2.05) is 32.6 Å². The first kappa shape index (κ1) is 29.1. The maximum absolute atomic E-state index is 15.2. The molecule has 4 aromatic rings. The van der Waals surface area contributed by atoms with Crippen LogP contribution in [-0.2, 0) is 4.79 Å². The fourth-order valence-corrected chi connectivity index (χ4v) is 5.72. The van der Waals surface area contributed by atoms with Crippen molar-refractivity contribution in [3.8, 4) is 16.9 Å². The van der Waals surface area contributed by atoms with E-state index in [1.54, 1.807) is 23.2 Å². The maximum atomic E-state index is 15.2. The number of carbonyl (C=O) groups excluding carboxylic acids is 2. The van der Waals surface area contributed by atoms with Crippen LogP contribution in [0.4, 0.5) is 10.2 Å². The summed E-state index contributed by atoms with van der Waals surface area (Å²) in [5.41, 5.74) is 1.59. The number of benzene rings is 1. The van der Waals surface area contributed by atoms with E-state index in [4.69, 9.17) is 16.6 Å². The minimum absolute atomic E-state index is 0.0248.